The number of hydrogen-bond donors (Lipinski definition) is 2. The summed E-state index contributed by atoms with van der Waals surface area (Å²) in [5.74, 6) is -1.64. The van der Waals surface area contributed by atoms with Crippen molar-refractivity contribution in [3.63, 3.8) is 0 Å². The monoisotopic (exact) mass is 161 g/mol. The van der Waals surface area contributed by atoms with Gasteiger partial charge in [0.25, 0.3) is 0 Å². The Balaban J connectivity index is 2.57. The van der Waals surface area contributed by atoms with Crippen molar-refractivity contribution in [3.05, 3.63) is 0 Å². The molecule has 0 saturated heterocycles. The molecule has 0 aromatic carbocycles. The van der Waals surface area contributed by atoms with E-state index in [0.29, 0.717) is 6.42 Å². The molecule has 1 aliphatic rings. The van der Waals surface area contributed by atoms with Crippen LogP contribution < -0.4 is 5.73 Å². The van der Waals surface area contributed by atoms with E-state index in [1.807, 2.05) is 0 Å². The predicted octanol–water partition coefficient (Wildman–Crippen LogP) is 0.394. The van der Waals surface area contributed by atoms with E-state index in [-0.39, 0.29) is 18.9 Å². The van der Waals surface area contributed by atoms with Gasteiger partial charge in [-0.15, -0.1) is 0 Å². The largest absolute Gasteiger partial charge is 0.481 e. The fourth-order valence-corrected chi connectivity index (χ4v) is 1.62. The van der Waals surface area contributed by atoms with Crippen molar-refractivity contribution >= 4 is 5.97 Å². The van der Waals surface area contributed by atoms with Gasteiger partial charge in [0.15, 0.2) is 0 Å². The van der Waals surface area contributed by atoms with Gasteiger partial charge in [0.05, 0.1) is 5.92 Å². The van der Waals surface area contributed by atoms with Crippen LogP contribution in [0.2, 0.25) is 0 Å². The van der Waals surface area contributed by atoms with Crippen LogP contribution in [0.15, 0.2) is 0 Å². The molecule has 1 fully saturated rings. The van der Waals surface area contributed by atoms with Gasteiger partial charge in [-0.1, -0.05) is 0 Å². The zero-order valence-corrected chi connectivity index (χ0v) is 6.16. The lowest BCUT2D eigenvalue weighted by atomic mass is 9.97. The number of carbonyl (C=O) groups is 1. The molecule has 4 heteroatoms. The first-order chi connectivity index (χ1) is 5.15. The SMILES string of the molecule is NCC1CC(F)CC1C(=O)O. The molecule has 1 aliphatic carbocycles. The topological polar surface area (TPSA) is 63.3 Å². The number of halogens is 1. The summed E-state index contributed by atoms with van der Waals surface area (Å²) in [7, 11) is 0. The van der Waals surface area contributed by atoms with Gasteiger partial charge in [0.1, 0.15) is 6.17 Å². The first-order valence-electron chi connectivity index (χ1n) is 3.72. The number of hydrogen-bond acceptors (Lipinski definition) is 2. The Bertz CT molecular complexity index is 163. The van der Waals surface area contributed by atoms with E-state index in [1.54, 1.807) is 0 Å². The minimum Gasteiger partial charge on any atom is -0.481 e. The third kappa shape index (κ3) is 1.68. The molecule has 0 spiro atoms. The normalized spacial score (nSPS) is 37.5. The second-order valence-electron chi connectivity index (χ2n) is 3.01. The summed E-state index contributed by atoms with van der Waals surface area (Å²) in [4.78, 5) is 10.5. The summed E-state index contributed by atoms with van der Waals surface area (Å²) in [6.07, 6.45) is -0.519. The second kappa shape index (κ2) is 3.17. The lowest BCUT2D eigenvalue weighted by molar-refractivity contribution is -0.142. The molecule has 0 aromatic heterocycles. The summed E-state index contributed by atoms with van der Waals surface area (Å²) in [5.41, 5.74) is 5.29. The molecular formula is C7H12FNO2. The maximum absolute atomic E-state index is 12.7. The first kappa shape index (κ1) is 8.46. The van der Waals surface area contributed by atoms with Gasteiger partial charge in [-0.05, 0) is 25.3 Å². The van der Waals surface area contributed by atoms with Crippen molar-refractivity contribution in [3.8, 4) is 0 Å². The molecular weight excluding hydrogens is 149 g/mol. The summed E-state index contributed by atoms with van der Waals surface area (Å²) < 4.78 is 12.7. The van der Waals surface area contributed by atoms with E-state index in [1.165, 1.54) is 0 Å². The lowest BCUT2D eigenvalue weighted by Crippen LogP contribution is -2.24. The van der Waals surface area contributed by atoms with Crippen LogP contribution in [0.25, 0.3) is 0 Å². The van der Waals surface area contributed by atoms with Crippen LogP contribution in [0.4, 0.5) is 4.39 Å². The van der Waals surface area contributed by atoms with E-state index in [4.69, 9.17) is 10.8 Å². The highest BCUT2D eigenvalue weighted by molar-refractivity contribution is 5.70. The fourth-order valence-electron chi connectivity index (χ4n) is 1.62. The summed E-state index contributed by atoms with van der Waals surface area (Å²) in [6.45, 7) is 0.275. The van der Waals surface area contributed by atoms with Gasteiger partial charge < -0.3 is 10.8 Å². The van der Waals surface area contributed by atoms with Crippen LogP contribution in [-0.4, -0.2) is 23.8 Å². The molecule has 0 amide bonds. The molecule has 11 heavy (non-hydrogen) atoms. The minimum absolute atomic E-state index is 0.136. The van der Waals surface area contributed by atoms with Gasteiger partial charge >= 0.3 is 5.97 Å². The lowest BCUT2D eigenvalue weighted by Gasteiger charge is -2.10. The summed E-state index contributed by atoms with van der Waals surface area (Å²) in [5, 5.41) is 8.61. The number of carboxylic acid groups (broad SMARTS) is 1. The maximum atomic E-state index is 12.7. The van der Waals surface area contributed by atoms with Crippen molar-refractivity contribution in [2.45, 2.75) is 19.0 Å². The summed E-state index contributed by atoms with van der Waals surface area (Å²) >= 11 is 0. The standard InChI is InChI=1S/C7H12FNO2/c8-5-1-4(3-9)6(2-5)7(10)11/h4-6H,1-3,9H2,(H,10,11). The highest BCUT2D eigenvalue weighted by Gasteiger charge is 2.37. The Morgan fingerprint density at radius 1 is 1.64 bits per heavy atom. The Hall–Kier alpha value is -0.640. The molecule has 3 atom stereocenters. The Morgan fingerprint density at radius 2 is 2.27 bits per heavy atom. The average Bonchev–Trinajstić information content (AvgIpc) is 2.30. The van der Waals surface area contributed by atoms with Gasteiger partial charge in [-0.2, -0.15) is 0 Å². The molecule has 1 saturated carbocycles. The number of rotatable bonds is 2. The van der Waals surface area contributed by atoms with Gasteiger partial charge in [0.2, 0.25) is 0 Å². The molecule has 64 valence electrons. The Morgan fingerprint density at radius 3 is 2.64 bits per heavy atom. The highest BCUT2D eigenvalue weighted by Crippen LogP contribution is 2.33. The van der Waals surface area contributed by atoms with E-state index >= 15 is 0 Å². The molecule has 3 nitrogen and oxygen atoms in total. The van der Waals surface area contributed by atoms with E-state index in [9.17, 15) is 9.18 Å². The molecule has 0 aromatic rings. The van der Waals surface area contributed by atoms with Crippen LogP contribution >= 0.6 is 0 Å². The molecule has 0 aliphatic heterocycles. The van der Waals surface area contributed by atoms with Crippen LogP contribution in [0.3, 0.4) is 0 Å². The van der Waals surface area contributed by atoms with Crippen molar-refractivity contribution in [1.29, 1.82) is 0 Å². The van der Waals surface area contributed by atoms with Gasteiger partial charge in [-0.3, -0.25) is 4.79 Å². The third-order valence-electron chi connectivity index (χ3n) is 2.26. The van der Waals surface area contributed by atoms with Crippen LogP contribution in [0.5, 0.6) is 0 Å². The van der Waals surface area contributed by atoms with Crippen LogP contribution in [0, 0.1) is 11.8 Å². The van der Waals surface area contributed by atoms with E-state index in [2.05, 4.69) is 0 Å². The molecule has 3 unspecified atom stereocenters. The minimum atomic E-state index is -0.968. The Labute approximate surface area is 64.4 Å². The Kier molecular flexibility index (Phi) is 2.44. The summed E-state index contributed by atoms with van der Waals surface area (Å²) in [6, 6.07) is 0. The molecule has 1 rings (SSSR count). The number of nitrogens with two attached hydrogens (primary N) is 1. The average molecular weight is 161 g/mol. The van der Waals surface area contributed by atoms with Crippen LogP contribution in [-0.2, 0) is 4.79 Å². The number of aliphatic carboxylic acids is 1. The smallest absolute Gasteiger partial charge is 0.306 e. The van der Waals surface area contributed by atoms with Crippen molar-refractivity contribution in [2.75, 3.05) is 6.54 Å². The quantitative estimate of drug-likeness (QED) is 0.616. The van der Waals surface area contributed by atoms with Gasteiger partial charge in [0, 0.05) is 0 Å². The van der Waals surface area contributed by atoms with Crippen molar-refractivity contribution in [1.82, 2.24) is 0 Å². The third-order valence-corrected chi connectivity index (χ3v) is 2.26. The fraction of sp³-hybridized carbons (Fsp3) is 0.857. The first-order valence-corrected chi connectivity index (χ1v) is 3.72. The number of alkyl halides is 1. The zero-order valence-electron chi connectivity index (χ0n) is 6.16. The van der Waals surface area contributed by atoms with E-state index in [0.717, 1.165) is 0 Å². The second-order valence-corrected chi connectivity index (χ2v) is 3.01. The highest BCUT2D eigenvalue weighted by atomic mass is 19.1. The maximum Gasteiger partial charge on any atom is 0.306 e. The van der Waals surface area contributed by atoms with Crippen LogP contribution in [0.1, 0.15) is 12.8 Å². The van der Waals surface area contributed by atoms with Crippen molar-refractivity contribution in [2.24, 2.45) is 17.6 Å². The number of carboxylic acids is 1. The molecule has 0 heterocycles. The molecule has 0 bridgehead atoms. The predicted molar refractivity (Wildman–Crippen MR) is 37.8 cm³/mol. The van der Waals surface area contributed by atoms with Gasteiger partial charge in [-0.25, -0.2) is 4.39 Å². The van der Waals surface area contributed by atoms with E-state index < -0.39 is 18.1 Å². The zero-order chi connectivity index (χ0) is 8.43. The van der Waals surface area contributed by atoms with Crippen molar-refractivity contribution < 1.29 is 14.3 Å². The molecule has 3 N–H and O–H groups in total. The molecule has 0 radical (unpaired) electrons.